The quantitative estimate of drug-likeness (QED) is 0.104. The normalized spacial score (nSPS) is 19.1. The number of carbonyl (C=O) groups excluding carboxylic acids is 2. The van der Waals surface area contributed by atoms with Gasteiger partial charge in [-0.15, -0.1) is 0 Å². The highest BCUT2D eigenvalue weighted by Gasteiger charge is 2.32. The average molecular weight is 661 g/mol. The summed E-state index contributed by atoms with van der Waals surface area (Å²) >= 11 is 3.41. The standard InChI is InChI=1S/C40H36O5S2/c41-39(43-27-11-3-1-4-12-27)25-19-21-35-31(23-25)37(29-15-7-9-17-33(29)46-35)38-30-16-8-10-18-34(30)47-36-22-20-26(24-32(36)38)40(42)45-44-28-13-5-2-6-14-28/h7-10,15-24,27-28H,1-6,11-14H2/b38-37-. The van der Waals surface area contributed by atoms with Crippen LogP contribution in [0.2, 0.25) is 0 Å². The van der Waals surface area contributed by atoms with Gasteiger partial charge in [-0.05, 0) is 120 Å². The highest BCUT2D eigenvalue weighted by Crippen LogP contribution is 2.54. The Kier molecular flexibility index (Phi) is 8.70. The van der Waals surface area contributed by atoms with E-state index >= 15 is 0 Å². The monoisotopic (exact) mass is 660 g/mol. The van der Waals surface area contributed by atoms with E-state index < -0.39 is 5.97 Å². The summed E-state index contributed by atoms with van der Waals surface area (Å²) in [7, 11) is 0. The van der Waals surface area contributed by atoms with E-state index in [4.69, 9.17) is 14.5 Å². The largest absolute Gasteiger partial charge is 0.459 e. The minimum atomic E-state index is -0.487. The highest BCUT2D eigenvalue weighted by atomic mass is 32.2. The van der Waals surface area contributed by atoms with Crippen LogP contribution < -0.4 is 0 Å². The van der Waals surface area contributed by atoms with Crippen molar-refractivity contribution in [3.05, 3.63) is 118 Å². The van der Waals surface area contributed by atoms with E-state index in [-0.39, 0.29) is 18.2 Å². The Balaban J connectivity index is 1.25. The van der Waals surface area contributed by atoms with Gasteiger partial charge in [0.25, 0.3) is 0 Å². The number of fused-ring (bicyclic) bond motifs is 4. The van der Waals surface area contributed by atoms with Gasteiger partial charge in [-0.25, -0.2) is 9.59 Å². The molecule has 4 aliphatic rings. The van der Waals surface area contributed by atoms with Gasteiger partial charge in [0.2, 0.25) is 0 Å². The lowest BCUT2D eigenvalue weighted by Crippen LogP contribution is -2.21. The van der Waals surface area contributed by atoms with Gasteiger partial charge < -0.3 is 4.74 Å². The van der Waals surface area contributed by atoms with Gasteiger partial charge in [0.15, 0.2) is 0 Å². The summed E-state index contributed by atoms with van der Waals surface area (Å²) in [5.41, 5.74) is 7.21. The topological polar surface area (TPSA) is 61.8 Å². The molecule has 0 N–H and O–H groups in total. The fraction of sp³-hybridized carbons (Fsp3) is 0.300. The SMILES string of the molecule is O=C(OOC1CCCCC1)c1ccc2c(c1)/C(=C1/c3ccccc3Sc3ccc(C(=O)OC4CCCCC4)cc31)c1ccccc1S2. The van der Waals surface area contributed by atoms with Crippen LogP contribution >= 0.6 is 23.5 Å². The maximum absolute atomic E-state index is 13.5. The Morgan fingerprint density at radius 3 is 1.53 bits per heavy atom. The van der Waals surface area contributed by atoms with E-state index in [9.17, 15) is 9.59 Å². The molecule has 4 aromatic rings. The molecule has 0 bridgehead atoms. The van der Waals surface area contributed by atoms with Gasteiger partial charge in [0, 0.05) is 19.6 Å². The lowest BCUT2D eigenvalue weighted by Gasteiger charge is -2.30. The Morgan fingerprint density at radius 1 is 0.511 bits per heavy atom. The predicted molar refractivity (Wildman–Crippen MR) is 185 cm³/mol. The molecule has 2 heterocycles. The van der Waals surface area contributed by atoms with Crippen molar-refractivity contribution in [3.63, 3.8) is 0 Å². The van der Waals surface area contributed by atoms with Crippen LogP contribution in [0.25, 0.3) is 11.1 Å². The van der Waals surface area contributed by atoms with Crippen molar-refractivity contribution in [1.82, 2.24) is 0 Å². The fourth-order valence-electron chi connectivity index (χ4n) is 7.20. The number of hydrogen-bond donors (Lipinski definition) is 0. The van der Waals surface area contributed by atoms with E-state index in [1.807, 2.05) is 30.3 Å². The first-order chi connectivity index (χ1) is 23.1. The third kappa shape index (κ3) is 6.17. The smallest absolute Gasteiger partial charge is 0.373 e. The third-order valence-corrected chi connectivity index (χ3v) is 11.9. The van der Waals surface area contributed by atoms with Crippen LogP contribution in [0.4, 0.5) is 0 Å². The van der Waals surface area contributed by atoms with Crippen molar-refractivity contribution in [3.8, 4) is 0 Å². The van der Waals surface area contributed by atoms with E-state index in [1.54, 1.807) is 23.5 Å². The van der Waals surface area contributed by atoms with E-state index in [0.29, 0.717) is 11.1 Å². The number of benzene rings is 4. The van der Waals surface area contributed by atoms with Crippen molar-refractivity contribution in [2.75, 3.05) is 0 Å². The molecule has 0 spiro atoms. The summed E-state index contributed by atoms with van der Waals surface area (Å²) in [6.07, 6.45) is 10.4. The molecular weight excluding hydrogens is 625 g/mol. The molecule has 2 aliphatic carbocycles. The number of hydrogen-bond acceptors (Lipinski definition) is 7. The molecule has 0 aromatic heterocycles. The van der Waals surface area contributed by atoms with Crippen molar-refractivity contribution in [2.45, 2.75) is 96.0 Å². The van der Waals surface area contributed by atoms with Crippen LogP contribution in [0.15, 0.2) is 105 Å². The van der Waals surface area contributed by atoms with E-state index in [0.717, 1.165) is 104 Å². The molecular formula is C40H36O5S2. The molecule has 0 amide bonds. The molecule has 0 unspecified atom stereocenters. The number of esters is 1. The number of rotatable bonds is 5. The maximum atomic E-state index is 13.5. The van der Waals surface area contributed by atoms with Crippen molar-refractivity contribution >= 4 is 46.6 Å². The first-order valence-corrected chi connectivity index (χ1v) is 18.4. The molecule has 4 aromatic carbocycles. The zero-order valence-electron chi connectivity index (χ0n) is 26.2. The van der Waals surface area contributed by atoms with Crippen molar-refractivity contribution in [2.24, 2.45) is 0 Å². The first kappa shape index (κ1) is 30.5. The predicted octanol–water partition coefficient (Wildman–Crippen LogP) is 10.5. The molecule has 5 nitrogen and oxygen atoms in total. The first-order valence-electron chi connectivity index (χ1n) is 16.8. The summed E-state index contributed by atoms with van der Waals surface area (Å²) in [5.74, 6) is -0.754. The molecule has 0 saturated heterocycles. The van der Waals surface area contributed by atoms with Gasteiger partial charge in [0.05, 0.1) is 11.1 Å². The number of ether oxygens (including phenoxy) is 1. The Labute approximate surface area is 284 Å². The zero-order chi connectivity index (χ0) is 31.7. The number of carbonyl (C=O) groups is 2. The molecule has 8 rings (SSSR count). The summed E-state index contributed by atoms with van der Waals surface area (Å²) in [4.78, 5) is 42.3. The summed E-state index contributed by atoms with van der Waals surface area (Å²) < 4.78 is 6.01. The fourth-order valence-corrected chi connectivity index (χ4v) is 9.34. The third-order valence-electron chi connectivity index (χ3n) is 9.61. The summed E-state index contributed by atoms with van der Waals surface area (Å²) in [6.45, 7) is 0. The average Bonchev–Trinajstić information content (AvgIpc) is 3.12. The van der Waals surface area contributed by atoms with Crippen LogP contribution in [-0.4, -0.2) is 24.1 Å². The Hall–Kier alpha value is -3.78. The van der Waals surface area contributed by atoms with Gasteiger partial charge in [-0.1, -0.05) is 85.6 Å². The molecule has 2 saturated carbocycles. The molecule has 47 heavy (non-hydrogen) atoms. The van der Waals surface area contributed by atoms with Crippen LogP contribution in [0.1, 0.15) is 107 Å². The highest BCUT2D eigenvalue weighted by molar-refractivity contribution is 8.00. The summed E-state index contributed by atoms with van der Waals surface area (Å²) in [5, 5.41) is 0. The van der Waals surface area contributed by atoms with Gasteiger partial charge in [-0.3, -0.25) is 4.89 Å². The minimum Gasteiger partial charge on any atom is -0.459 e. The van der Waals surface area contributed by atoms with Crippen LogP contribution in [-0.2, 0) is 14.5 Å². The second kappa shape index (κ2) is 13.4. The minimum absolute atomic E-state index is 0.0189. The molecule has 0 radical (unpaired) electrons. The lowest BCUT2D eigenvalue weighted by atomic mass is 9.84. The lowest BCUT2D eigenvalue weighted by molar-refractivity contribution is -0.279. The van der Waals surface area contributed by atoms with Gasteiger partial charge in [-0.2, -0.15) is 4.89 Å². The van der Waals surface area contributed by atoms with Crippen molar-refractivity contribution in [1.29, 1.82) is 0 Å². The van der Waals surface area contributed by atoms with Crippen LogP contribution in [0.5, 0.6) is 0 Å². The van der Waals surface area contributed by atoms with Crippen LogP contribution in [0.3, 0.4) is 0 Å². The second-order valence-electron chi connectivity index (χ2n) is 12.8. The molecule has 2 fully saturated rings. The Morgan fingerprint density at radius 2 is 0.979 bits per heavy atom. The molecule has 238 valence electrons. The maximum Gasteiger partial charge on any atom is 0.373 e. The Bertz CT molecular complexity index is 1880. The van der Waals surface area contributed by atoms with Gasteiger partial charge >= 0.3 is 11.9 Å². The van der Waals surface area contributed by atoms with E-state index in [1.165, 1.54) is 12.8 Å². The second-order valence-corrected chi connectivity index (χ2v) is 14.9. The summed E-state index contributed by atoms with van der Waals surface area (Å²) in [6, 6.07) is 28.6. The van der Waals surface area contributed by atoms with E-state index in [2.05, 4.69) is 54.6 Å². The molecule has 7 heteroatoms. The van der Waals surface area contributed by atoms with Crippen molar-refractivity contribution < 1.29 is 24.1 Å². The zero-order valence-corrected chi connectivity index (χ0v) is 27.8. The molecule has 0 atom stereocenters. The van der Waals surface area contributed by atoms with Crippen LogP contribution in [0, 0.1) is 0 Å². The molecule has 2 aliphatic heterocycles. The van der Waals surface area contributed by atoms with Gasteiger partial charge in [0.1, 0.15) is 12.2 Å².